The van der Waals surface area contributed by atoms with E-state index in [4.69, 9.17) is 17.3 Å². The molecule has 0 saturated carbocycles. The third kappa shape index (κ3) is 4.38. The number of carbonyl (C=O) groups is 1. The molecule has 21 heavy (non-hydrogen) atoms. The molecule has 1 atom stereocenters. The van der Waals surface area contributed by atoms with E-state index in [1.54, 1.807) is 11.1 Å². The van der Waals surface area contributed by atoms with Gasteiger partial charge >= 0.3 is 6.09 Å². The summed E-state index contributed by atoms with van der Waals surface area (Å²) < 4.78 is 11.2. The van der Waals surface area contributed by atoms with Gasteiger partial charge < -0.3 is 14.4 Å². The van der Waals surface area contributed by atoms with Crippen molar-refractivity contribution in [3.8, 4) is 0 Å². The number of likely N-dealkylation sites (tertiary alicyclic amines) is 1. The van der Waals surface area contributed by atoms with Gasteiger partial charge in [-0.05, 0) is 20.8 Å². The van der Waals surface area contributed by atoms with Crippen LogP contribution in [0.2, 0.25) is 0 Å². The Hall–Kier alpha value is -1.72. The number of hydrogen-bond acceptors (Lipinski definition) is 4. The van der Waals surface area contributed by atoms with E-state index in [1.165, 1.54) is 0 Å². The molecule has 0 aromatic rings. The molecule has 1 amide bonds. The number of ether oxygens (including phenoxy) is 2. The van der Waals surface area contributed by atoms with E-state index >= 15 is 0 Å². The number of nitrogens with zero attached hydrogens (tertiary/aromatic N) is 2. The van der Waals surface area contributed by atoms with Crippen LogP contribution < -0.4 is 0 Å². The fourth-order valence-corrected chi connectivity index (χ4v) is 2.14. The van der Waals surface area contributed by atoms with Gasteiger partial charge in [-0.15, -0.1) is 0 Å². The molecule has 0 aromatic heterocycles. The van der Waals surface area contributed by atoms with Crippen molar-refractivity contribution < 1.29 is 14.3 Å². The maximum absolute atomic E-state index is 12.0. The highest BCUT2D eigenvalue weighted by Crippen LogP contribution is 2.21. The van der Waals surface area contributed by atoms with Gasteiger partial charge in [0, 0.05) is 25.6 Å². The number of aliphatic imine (C=N–C) groups is 1. The quantitative estimate of drug-likeness (QED) is 0.696. The van der Waals surface area contributed by atoms with Gasteiger partial charge in [0.05, 0.1) is 6.54 Å². The Balaban J connectivity index is 1.86. The summed E-state index contributed by atoms with van der Waals surface area (Å²) in [5.74, 6) is 0.602. The maximum Gasteiger partial charge on any atom is 0.410 e. The number of amides is 1. The molecule has 2 aliphatic rings. The minimum atomic E-state index is -0.483. The van der Waals surface area contributed by atoms with Crippen molar-refractivity contribution in [2.45, 2.75) is 45.3 Å². The van der Waals surface area contributed by atoms with Crippen molar-refractivity contribution in [3.63, 3.8) is 0 Å². The zero-order chi connectivity index (χ0) is 15.6. The Morgan fingerprint density at radius 1 is 1.52 bits per heavy atom. The van der Waals surface area contributed by atoms with E-state index in [9.17, 15) is 4.79 Å². The molecule has 2 radical (unpaired) electrons. The average molecular weight is 288 g/mol. The molecule has 1 unspecified atom stereocenters. The van der Waals surface area contributed by atoms with Crippen molar-refractivity contribution >= 4 is 19.8 Å². The van der Waals surface area contributed by atoms with E-state index < -0.39 is 5.60 Å². The van der Waals surface area contributed by atoms with Crippen molar-refractivity contribution in [1.29, 1.82) is 0 Å². The van der Waals surface area contributed by atoms with E-state index in [-0.39, 0.29) is 12.2 Å². The first kappa shape index (κ1) is 15.7. The van der Waals surface area contributed by atoms with E-state index in [2.05, 4.69) is 11.6 Å². The highest BCUT2D eigenvalue weighted by atomic mass is 16.6. The van der Waals surface area contributed by atoms with Gasteiger partial charge in [0.15, 0.2) is 5.90 Å². The van der Waals surface area contributed by atoms with Crippen LogP contribution in [-0.2, 0) is 9.47 Å². The molecule has 1 saturated heterocycles. The molecule has 2 heterocycles. The van der Waals surface area contributed by atoms with Gasteiger partial charge in [-0.3, -0.25) is 0 Å². The average Bonchev–Trinajstić information content (AvgIpc) is 2.80. The number of rotatable bonds is 1. The molecule has 1 fully saturated rings. The smallest absolute Gasteiger partial charge is 0.410 e. The molecule has 112 valence electrons. The molecule has 2 rings (SSSR count). The zero-order valence-corrected chi connectivity index (χ0v) is 12.9. The van der Waals surface area contributed by atoms with Crippen LogP contribution in [0.4, 0.5) is 4.79 Å². The minimum absolute atomic E-state index is 0.0585. The second kappa shape index (κ2) is 5.96. The Kier molecular flexibility index (Phi) is 4.44. The first-order valence-electron chi connectivity index (χ1n) is 7.09. The van der Waals surface area contributed by atoms with Gasteiger partial charge in [0.25, 0.3) is 0 Å². The predicted octanol–water partition coefficient (Wildman–Crippen LogP) is 2.38. The molecular formula is C15H21BN2O3. The molecular weight excluding hydrogens is 267 g/mol. The van der Waals surface area contributed by atoms with Crippen LogP contribution >= 0.6 is 0 Å². The number of hydrogen-bond donors (Lipinski definition) is 0. The summed E-state index contributed by atoms with van der Waals surface area (Å²) in [6, 6.07) is 0. The molecule has 0 aliphatic carbocycles. The predicted molar refractivity (Wildman–Crippen MR) is 82.3 cm³/mol. The van der Waals surface area contributed by atoms with Crippen molar-refractivity contribution in [2.24, 2.45) is 4.99 Å². The lowest BCUT2D eigenvalue weighted by Crippen LogP contribution is -2.36. The summed E-state index contributed by atoms with van der Waals surface area (Å²) in [6.45, 7) is 10.6. The summed E-state index contributed by atoms with van der Waals surface area (Å²) in [6.07, 6.45) is 2.49. The van der Waals surface area contributed by atoms with Gasteiger partial charge in [-0.25, -0.2) is 9.79 Å². The van der Waals surface area contributed by atoms with Crippen LogP contribution in [-0.4, -0.2) is 49.5 Å². The van der Waals surface area contributed by atoms with E-state index in [0.717, 1.165) is 12.0 Å². The molecule has 0 spiro atoms. The van der Waals surface area contributed by atoms with Gasteiger partial charge in [0.2, 0.25) is 0 Å². The standard InChI is InChI=1S/C15H21BN2O3/c1-10-7-13(17-8-12(10)16)20-11-5-6-18(9-11)14(19)21-15(2,3)4/h8,11H,1,5-7,9H2,2-4H3. The summed E-state index contributed by atoms with van der Waals surface area (Å²) in [4.78, 5) is 17.8. The van der Waals surface area contributed by atoms with E-state index in [1.807, 2.05) is 20.8 Å². The first-order valence-corrected chi connectivity index (χ1v) is 7.09. The second-order valence-corrected chi connectivity index (χ2v) is 6.34. The number of allylic oxidation sites excluding steroid dienone is 1. The minimum Gasteiger partial charge on any atom is -0.475 e. The normalized spacial score (nSPS) is 22.7. The Morgan fingerprint density at radius 2 is 2.24 bits per heavy atom. The summed E-state index contributed by atoms with van der Waals surface area (Å²) in [5.41, 5.74) is 0.912. The molecule has 0 aromatic carbocycles. The monoisotopic (exact) mass is 288 g/mol. The first-order chi connectivity index (χ1) is 9.74. The lowest BCUT2D eigenvalue weighted by Gasteiger charge is -2.24. The van der Waals surface area contributed by atoms with Crippen LogP contribution in [0.3, 0.4) is 0 Å². The second-order valence-electron chi connectivity index (χ2n) is 6.34. The van der Waals surface area contributed by atoms with Crippen molar-refractivity contribution in [1.82, 2.24) is 4.90 Å². The third-order valence-electron chi connectivity index (χ3n) is 3.22. The Labute approximate surface area is 127 Å². The highest BCUT2D eigenvalue weighted by molar-refractivity contribution is 6.25. The SMILES string of the molecule is [B]C1=CN=C(OC2CCN(C(=O)OC(C)(C)C)C2)CC1=C. The molecule has 2 aliphatic heterocycles. The summed E-state index contributed by atoms with van der Waals surface area (Å²) in [5, 5.41) is 0. The highest BCUT2D eigenvalue weighted by Gasteiger charge is 2.31. The van der Waals surface area contributed by atoms with Crippen LogP contribution in [0.15, 0.2) is 28.8 Å². The molecule has 0 N–H and O–H groups in total. The number of carbonyl (C=O) groups excluding carboxylic acids is 1. The van der Waals surface area contributed by atoms with Crippen LogP contribution in [0, 0.1) is 0 Å². The van der Waals surface area contributed by atoms with Crippen LogP contribution in [0.5, 0.6) is 0 Å². The fourth-order valence-electron chi connectivity index (χ4n) is 2.14. The van der Waals surface area contributed by atoms with Crippen LogP contribution in [0.1, 0.15) is 33.6 Å². The largest absolute Gasteiger partial charge is 0.475 e. The van der Waals surface area contributed by atoms with Gasteiger partial charge in [0.1, 0.15) is 19.6 Å². The van der Waals surface area contributed by atoms with Crippen LogP contribution in [0.25, 0.3) is 0 Å². The summed E-state index contributed by atoms with van der Waals surface area (Å²) in [7, 11) is 5.70. The zero-order valence-electron chi connectivity index (χ0n) is 12.9. The van der Waals surface area contributed by atoms with E-state index in [0.29, 0.717) is 30.9 Å². The van der Waals surface area contributed by atoms with Gasteiger partial charge in [-0.1, -0.05) is 17.6 Å². The molecule has 6 heteroatoms. The van der Waals surface area contributed by atoms with Crippen molar-refractivity contribution in [3.05, 3.63) is 23.8 Å². The lowest BCUT2D eigenvalue weighted by atomic mass is 9.87. The molecule has 5 nitrogen and oxygen atoms in total. The molecule has 0 bridgehead atoms. The fraction of sp³-hybridized carbons (Fsp3) is 0.600. The topological polar surface area (TPSA) is 51.1 Å². The Bertz CT molecular complexity index is 506. The van der Waals surface area contributed by atoms with Crippen molar-refractivity contribution in [2.75, 3.05) is 13.1 Å². The maximum atomic E-state index is 12.0. The third-order valence-corrected chi connectivity index (χ3v) is 3.22. The summed E-state index contributed by atoms with van der Waals surface area (Å²) >= 11 is 0. The Morgan fingerprint density at radius 3 is 2.86 bits per heavy atom. The van der Waals surface area contributed by atoms with Gasteiger partial charge in [-0.2, -0.15) is 0 Å². The lowest BCUT2D eigenvalue weighted by molar-refractivity contribution is 0.0273.